The van der Waals surface area contributed by atoms with Crippen LogP contribution in [0.1, 0.15) is 0 Å². The molecule has 0 radical (unpaired) electrons. The number of carbonyl (C=O) groups excluding carboxylic acids is 1. The summed E-state index contributed by atoms with van der Waals surface area (Å²) in [5.41, 5.74) is 0.965. The van der Waals surface area contributed by atoms with Crippen LogP contribution < -0.4 is 0 Å². The highest BCUT2D eigenvalue weighted by atomic mass is 16.5. The second kappa shape index (κ2) is 4.89. The molecule has 0 aromatic carbocycles. The van der Waals surface area contributed by atoms with Crippen molar-refractivity contribution in [2.75, 3.05) is 14.1 Å². The van der Waals surface area contributed by atoms with Gasteiger partial charge < -0.3 is 10.1 Å². The van der Waals surface area contributed by atoms with Crippen LogP contribution in [-0.2, 0) is 4.79 Å². The number of fused-ring (bicyclic) bond motifs is 1. The number of aromatic nitrogens is 4. The van der Waals surface area contributed by atoms with Gasteiger partial charge in [0.2, 0.25) is 12.1 Å². The average Bonchev–Trinajstić information content (AvgIpc) is 2.62. The van der Waals surface area contributed by atoms with E-state index in [1.54, 1.807) is 32.4 Å². The lowest BCUT2D eigenvalue weighted by Gasteiger charge is -1.93. The first-order chi connectivity index (χ1) is 7.15. The van der Waals surface area contributed by atoms with Crippen LogP contribution in [0.15, 0.2) is 18.3 Å². The van der Waals surface area contributed by atoms with Crippen LogP contribution in [0.2, 0.25) is 0 Å². The SMILES string of the molecule is CN(C)C=O.On1nnc2cccnc21. The molecule has 1 amide bonds. The largest absolute Gasteiger partial charge is 0.409 e. The number of amides is 1. The molecule has 0 saturated heterocycles. The standard InChI is InChI=1S/C5H4N4O.C3H7NO/c10-9-5-4(7-8-9)2-1-3-6-5;1-4(2)3-5/h1-3,10H;3H,1-2H3. The van der Waals surface area contributed by atoms with E-state index in [1.807, 2.05) is 0 Å². The Labute approximate surface area is 85.9 Å². The molecular weight excluding hydrogens is 198 g/mol. The van der Waals surface area contributed by atoms with E-state index in [2.05, 4.69) is 15.3 Å². The third-order valence-electron chi connectivity index (χ3n) is 1.40. The second-order valence-electron chi connectivity index (χ2n) is 2.89. The molecule has 0 aliphatic heterocycles. The fourth-order valence-corrected chi connectivity index (χ4v) is 0.754. The molecule has 2 aromatic rings. The Morgan fingerprint density at radius 1 is 1.53 bits per heavy atom. The summed E-state index contributed by atoms with van der Waals surface area (Å²) in [6.07, 6.45) is 2.32. The molecule has 80 valence electrons. The fraction of sp³-hybridized carbons (Fsp3) is 0.250. The van der Waals surface area contributed by atoms with E-state index in [1.165, 1.54) is 4.90 Å². The van der Waals surface area contributed by atoms with Crippen molar-refractivity contribution in [3.8, 4) is 0 Å². The summed E-state index contributed by atoms with van der Waals surface area (Å²) < 4.78 is 0. The Morgan fingerprint density at radius 2 is 2.20 bits per heavy atom. The molecule has 0 bridgehead atoms. The number of hydrogen-bond donors (Lipinski definition) is 1. The minimum atomic E-state index is 0.377. The van der Waals surface area contributed by atoms with Crippen molar-refractivity contribution in [1.29, 1.82) is 0 Å². The van der Waals surface area contributed by atoms with Crippen molar-refractivity contribution in [2.24, 2.45) is 0 Å². The second-order valence-corrected chi connectivity index (χ2v) is 2.89. The summed E-state index contributed by atoms with van der Waals surface area (Å²) in [5, 5.41) is 15.9. The highest BCUT2D eigenvalue weighted by Gasteiger charge is 2.00. The van der Waals surface area contributed by atoms with E-state index < -0.39 is 0 Å². The van der Waals surface area contributed by atoms with Gasteiger partial charge in [-0.2, -0.15) is 0 Å². The van der Waals surface area contributed by atoms with Gasteiger partial charge in [0.15, 0.2) is 0 Å². The fourth-order valence-electron chi connectivity index (χ4n) is 0.754. The summed E-state index contributed by atoms with van der Waals surface area (Å²) in [6.45, 7) is 0. The van der Waals surface area contributed by atoms with Crippen LogP contribution in [0.5, 0.6) is 0 Å². The predicted molar refractivity (Wildman–Crippen MR) is 52.3 cm³/mol. The Hall–Kier alpha value is -2.18. The van der Waals surface area contributed by atoms with Crippen LogP contribution in [-0.4, -0.2) is 50.8 Å². The first kappa shape index (κ1) is 10.9. The minimum absolute atomic E-state index is 0.377. The molecule has 2 rings (SSSR count). The Kier molecular flexibility index (Phi) is 3.55. The zero-order chi connectivity index (χ0) is 11.3. The van der Waals surface area contributed by atoms with E-state index in [9.17, 15) is 4.79 Å². The van der Waals surface area contributed by atoms with Crippen LogP contribution in [0, 0.1) is 0 Å². The lowest BCUT2D eigenvalue weighted by Crippen LogP contribution is -2.06. The Balaban J connectivity index is 0.000000195. The summed E-state index contributed by atoms with van der Waals surface area (Å²) in [7, 11) is 3.38. The molecule has 0 atom stereocenters. The van der Waals surface area contributed by atoms with E-state index >= 15 is 0 Å². The molecule has 0 aliphatic rings. The van der Waals surface area contributed by atoms with Gasteiger partial charge in [-0.05, 0) is 17.3 Å². The van der Waals surface area contributed by atoms with Crippen LogP contribution >= 0.6 is 0 Å². The minimum Gasteiger partial charge on any atom is -0.409 e. The van der Waals surface area contributed by atoms with Crippen molar-refractivity contribution in [2.45, 2.75) is 0 Å². The predicted octanol–water partition coefficient (Wildman–Crippen LogP) is -0.232. The van der Waals surface area contributed by atoms with Crippen LogP contribution in [0.4, 0.5) is 0 Å². The van der Waals surface area contributed by atoms with Gasteiger partial charge in [-0.25, -0.2) is 4.98 Å². The average molecular weight is 209 g/mol. The maximum atomic E-state index is 9.43. The summed E-state index contributed by atoms with van der Waals surface area (Å²) in [5.74, 6) is 0. The van der Waals surface area contributed by atoms with E-state index in [-0.39, 0.29) is 0 Å². The van der Waals surface area contributed by atoms with E-state index in [0.29, 0.717) is 16.0 Å². The topological polar surface area (TPSA) is 84.1 Å². The third-order valence-corrected chi connectivity index (χ3v) is 1.40. The Morgan fingerprint density at radius 3 is 2.73 bits per heavy atom. The lowest BCUT2D eigenvalue weighted by atomic mass is 10.4. The van der Waals surface area contributed by atoms with Gasteiger partial charge in [-0.1, -0.05) is 4.85 Å². The smallest absolute Gasteiger partial charge is 0.219 e. The zero-order valence-electron chi connectivity index (χ0n) is 8.40. The van der Waals surface area contributed by atoms with Gasteiger partial charge in [0, 0.05) is 20.3 Å². The first-order valence-corrected chi connectivity index (χ1v) is 4.12. The quantitative estimate of drug-likeness (QED) is 0.518. The molecule has 0 fully saturated rings. The summed E-state index contributed by atoms with van der Waals surface area (Å²) >= 11 is 0. The number of pyridine rings is 1. The molecule has 0 spiro atoms. The number of hydrogen-bond acceptors (Lipinski definition) is 5. The molecule has 0 aliphatic carbocycles. The number of nitrogens with zero attached hydrogens (tertiary/aromatic N) is 5. The molecule has 0 saturated carbocycles. The van der Waals surface area contributed by atoms with Crippen LogP contribution in [0.3, 0.4) is 0 Å². The van der Waals surface area contributed by atoms with Gasteiger partial charge in [0.1, 0.15) is 5.52 Å². The van der Waals surface area contributed by atoms with E-state index in [4.69, 9.17) is 5.21 Å². The van der Waals surface area contributed by atoms with Crippen molar-refractivity contribution in [3.63, 3.8) is 0 Å². The first-order valence-electron chi connectivity index (χ1n) is 4.12. The molecule has 2 aromatic heterocycles. The van der Waals surface area contributed by atoms with Gasteiger partial charge in [0.05, 0.1) is 0 Å². The van der Waals surface area contributed by atoms with Crippen molar-refractivity contribution in [3.05, 3.63) is 18.3 Å². The highest BCUT2D eigenvalue weighted by Crippen LogP contribution is 2.02. The van der Waals surface area contributed by atoms with Gasteiger partial charge in [-0.3, -0.25) is 4.79 Å². The molecule has 15 heavy (non-hydrogen) atoms. The molecule has 7 heteroatoms. The van der Waals surface area contributed by atoms with Crippen molar-refractivity contribution >= 4 is 17.6 Å². The maximum absolute atomic E-state index is 9.43. The van der Waals surface area contributed by atoms with Gasteiger partial charge in [0.25, 0.3) is 0 Å². The third kappa shape index (κ3) is 2.90. The molecule has 0 unspecified atom stereocenters. The monoisotopic (exact) mass is 209 g/mol. The molecular formula is C8H11N5O2. The van der Waals surface area contributed by atoms with Crippen molar-refractivity contribution < 1.29 is 10.0 Å². The van der Waals surface area contributed by atoms with Crippen molar-refractivity contribution in [1.82, 2.24) is 25.0 Å². The normalized spacial score (nSPS) is 9.20. The zero-order valence-corrected chi connectivity index (χ0v) is 8.40. The maximum Gasteiger partial charge on any atom is 0.219 e. The molecule has 2 heterocycles. The van der Waals surface area contributed by atoms with Gasteiger partial charge in [-0.15, -0.1) is 5.10 Å². The molecule has 7 nitrogen and oxygen atoms in total. The van der Waals surface area contributed by atoms with Crippen LogP contribution in [0.25, 0.3) is 11.2 Å². The highest BCUT2D eigenvalue weighted by molar-refractivity contribution is 5.68. The lowest BCUT2D eigenvalue weighted by molar-refractivity contribution is -0.115. The van der Waals surface area contributed by atoms with E-state index in [0.717, 1.165) is 6.41 Å². The van der Waals surface area contributed by atoms with Gasteiger partial charge >= 0.3 is 0 Å². The number of carbonyl (C=O) groups is 1. The summed E-state index contributed by atoms with van der Waals surface area (Å²) in [6, 6.07) is 3.46. The molecule has 1 N–H and O–H groups in total. The summed E-state index contributed by atoms with van der Waals surface area (Å²) in [4.78, 5) is 15.4. The number of rotatable bonds is 1. The Bertz CT molecular complexity index is 439.